The number of benzene rings is 1. The van der Waals surface area contributed by atoms with Gasteiger partial charge in [-0.05, 0) is 37.7 Å². The lowest BCUT2D eigenvalue weighted by Crippen LogP contribution is -2.36. The molecule has 0 aliphatic carbocycles. The smallest absolute Gasteiger partial charge is 0.126 e. The number of aryl methyl sites for hydroxylation is 1. The standard InChI is InChI=1S/C15H21N3S/c1-11(16-12-6-5-9-19-10-12)15-17-13-7-3-4-8-14(13)18(15)2/h3-4,7-8,11-12,16H,5-6,9-10H2,1-2H3. The Morgan fingerprint density at radius 3 is 3.00 bits per heavy atom. The molecule has 0 spiro atoms. The Balaban J connectivity index is 1.80. The second kappa shape index (κ2) is 5.55. The van der Waals surface area contributed by atoms with Crippen LogP contribution < -0.4 is 5.32 Å². The van der Waals surface area contributed by atoms with Crippen molar-refractivity contribution in [3.05, 3.63) is 30.1 Å². The van der Waals surface area contributed by atoms with Crippen LogP contribution in [0.3, 0.4) is 0 Å². The zero-order chi connectivity index (χ0) is 13.2. The highest BCUT2D eigenvalue weighted by atomic mass is 32.2. The van der Waals surface area contributed by atoms with Crippen LogP contribution in [0, 0.1) is 0 Å². The average Bonchev–Trinajstić information content (AvgIpc) is 2.78. The van der Waals surface area contributed by atoms with Gasteiger partial charge in [-0.2, -0.15) is 11.8 Å². The fourth-order valence-electron chi connectivity index (χ4n) is 2.85. The van der Waals surface area contributed by atoms with E-state index in [0.717, 1.165) is 11.3 Å². The Kier molecular flexibility index (Phi) is 3.80. The number of hydrogen-bond donors (Lipinski definition) is 1. The maximum absolute atomic E-state index is 4.77. The van der Waals surface area contributed by atoms with Gasteiger partial charge in [0.25, 0.3) is 0 Å². The van der Waals surface area contributed by atoms with Crippen LogP contribution in [0.2, 0.25) is 0 Å². The number of imidazole rings is 1. The molecule has 2 aromatic rings. The van der Waals surface area contributed by atoms with Gasteiger partial charge in [-0.3, -0.25) is 0 Å². The van der Waals surface area contributed by atoms with Crippen molar-refractivity contribution in [2.75, 3.05) is 11.5 Å². The van der Waals surface area contributed by atoms with E-state index in [-0.39, 0.29) is 0 Å². The molecule has 19 heavy (non-hydrogen) atoms. The van der Waals surface area contributed by atoms with Gasteiger partial charge in [0.05, 0.1) is 17.1 Å². The fourth-order valence-corrected chi connectivity index (χ4v) is 3.94. The molecule has 102 valence electrons. The van der Waals surface area contributed by atoms with Crippen molar-refractivity contribution in [3.8, 4) is 0 Å². The second-order valence-electron chi connectivity index (χ2n) is 5.32. The summed E-state index contributed by atoms with van der Waals surface area (Å²) in [4.78, 5) is 4.77. The van der Waals surface area contributed by atoms with Crippen LogP contribution in [0.5, 0.6) is 0 Å². The summed E-state index contributed by atoms with van der Waals surface area (Å²) in [5, 5.41) is 3.73. The molecule has 1 N–H and O–H groups in total. The van der Waals surface area contributed by atoms with Gasteiger partial charge in [0.1, 0.15) is 5.82 Å². The first-order valence-electron chi connectivity index (χ1n) is 7.01. The topological polar surface area (TPSA) is 29.9 Å². The van der Waals surface area contributed by atoms with E-state index in [1.165, 1.54) is 29.9 Å². The summed E-state index contributed by atoms with van der Waals surface area (Å²) in [6, 6.07) is 9.28. The molecule has 3 nitrogen and oxygen atoms in total. The number of thioether (sulfide) groups is 1. The zero-order valence-corrected chi connectivity index (χ0v) is 12.4. The predicted molar refractivity (Wildman–Crippen MR) is 82.6 cm³/mol. The van der Waals surface area contributed by atoms with Gasteiger partial charge < -0.3 is 9.88 Å². The van der Waals surface area contributed by atoms with Gasteiger partial charge in [0.2, 0.25) is 0 Å². The summed E-state index contributed by atoms with van der Waals surface area (Å²) in [5.41, 5.74) is 2.30. The van der Waals surface area contributed by atoms with Crippen LogP contribution in [-0.4, -0.2) is 27.1 Å². The summed E-state index contributed by atoms with van der Waals surface area (Å²) in [6.07, 6.45) is 2.62. The number of aromatic nitrogens is 2. The van der Waals surface area contributed by atoms with Crippen molar-refractivity contribution in [1.82, 2.24) is 14.9 Å². The van der Waals surface area contributed by atoms with Crippen LogP contribution in [0.15, 0.2) is 24.3 Å². The third-order valence-corrected chi connectivity index (χ3v) is 5.07. The number of para-hydroxylation sites is 2. The molecule has 1 aromatic carbocycles. The molecule has 2 unspecified atom stereocenters. The Bertz CT molecular complexity index is 558. The first-order chi connectivity index (χ1) is 9.25. The summed E-state index contributed by atoms with van der Waals surface area (Å²) < 4.78 is 2.21. The molecule has 1 saturated heterocycles. The number of fused-ring (bicyclic) bond motifs is 1. The SMILES string of the molecule is CC(NC1CCCSC1)c1nc2ccccc2n1C. The van der Waals surface area contributed by atoms with E-state index in [1.54, 1.807) is 0 Å². The van der Waals surface area contributed by atoms with Gasteiger partial charge in [-0.25, -0.2) is 4.98 Å². The predicted octanol–water partition coefficient (Wildman–Crippen LogP) is 3.12. The van der Waals surface area contributed by atoms with Crippen LogP contribution >= 0.6 is 11.8 Å². The Labute approximate surface area is 118 Å². The van der Waals surface area contributed by atoms with Gasteiger partial charge in [0.15, 0.2) is 0 Å². The number of rotatable bonds is 3. The van der Waals surface area contributed by atoms with E-state index in [4.69, 9.17) is 4.98 Å². The van der Waals surface area contributed by atoms with Crippen molar-refractivity contribution >= 4 is 22.8 Å². The molecule has 0 amide bonds. The third kappa shape index (κ3) is 2.65. The largest absolute Gasteiger partial charge is 0.330 e. The summed E-state index contributed by atoms with van der Waals surface area (Å²) in [7, 11) is 2.11. The summed E-state index contributed by atoms with van der Waals surface area (Å²) in [5.74, 6) is 3.68. The maximum Gasteiger partial charge on any atom is 0.126 e. The molecular weight excluding hydrogens is 254 g/mol. The van der Waals surface area contributed by atoms with Gasteiger partial charge >= 0.3 is 0 Å². The van der Waals surface area contributed by atoms with E-state index in [1.807, 2.05) is 0 Å². The van der Waals surface area contributed by atoms with E-state index >= 15 is 0 Å². The van der Waals surface area contributed by atoms with E-state index in [9.17, 15) is 0 Å². The number of hydrogen-bond acceptors (Lipinski definition) is 3. The molecule has 1 aliphatic heterocycles. The molecule has 1 aliphatic rings. The molecular formula is C15H21N3S. The molecule has 4 heteroatoms. The molecule has 0 radical (unpaired) electrons. The maximum atomic E-state index is 4.77. The molecule has 0 bridgehead atoms. The monoisotopic (exact) mass is 275 g/mol. The summed E-state index contributed by atoms with van der Waals surface area (Å²) >= 11 is 2.06. The molecule has 2 heterocycles. The lowest BCUT2D eigenvalue weighted by atomic mass is 10.1. The van der Waals surface area contributed by atoms with Gasteiger partial charge in [0, 0.05) is 18.8 Å². The third-order valence-electron chi connectivity index (χ3n) is 3.86. The molecule has 2 atom stereocenters. The van der Waals surface area contributed by atoms with Crippen molar-refractivity contribution in [1.29, 1.82) is 0 Å². The van der Waals surface area contributed by atoms with Crippen molar-refractivity contribution in [2.24, 2.45) is 7.05 Å². The van der Waals surface area contributed by atoms with E-state index in [2.05, 4.69) is 59.9 Å². The zero-order valence-electron chi connectivity index (χ0n) is 11.6. The van der Waals surface area contributed by atoms with E-state index in [0.29, 0.717) is 12.1 Å². The summed E-state index contributed by atoms with van der Waals surface area (Å²) in [6.45, 7) is 2.22. The van der Waals surface area contributed by atoms with Crippen LogP contribution in [0.1, 0.15) is 31.6 Å². The normalized spacial score (nSPS) is 21.7. The number of nitrogens with one attached hydrogen (secondary N) is 1. The lowest BCUT2D eigenvalue weighted by Gasteiger charge is -2.26. The lowest BCUT2D eigenvalue weighted by molar-refractivity contribution is 0.435. The van der Waals surface area contributed by atoms with Crippen molar-refractivity contribution < 1.29 is 0 Å². The first kappa shape index (κ1) is 13.0. The quantitative estimate of drug-likeness (QED) is 0.933. The van der Waals surface area contributed by atoms with Crippen LogP contribution in [-0.2, 0) is 7.05 Å². The van der Waals surface area contributed by atoms with Crippen molar-refractivity contribution in [3.63, 3.8) is 0 Å². The highest BCUT2D eigenvalue weighted by molar-refractivity contribution is 7.99. The van der Waals surface area contributed by atoms with Gasteiger partial charge in [-0.15, -0.1) is 0 Å². The molecule has 1 aromatic heterocycles. The highest BCUT2D eigenvalue weighted by Crippen LogP contribution is 2.22. The Hall–Kier alpha value is -1.00. The molecule has 3 rings (SSSR count). The Morgan fingerprint density at radius 2 is 2.26 bits per heavy atom. The molecule has 1 fully saturated rings. The minimum atomic E-state index is 0.307. The second-order valence-corrected chi connectivity index (χ2v) is 6.47. The minimum absolute atomic E-state index is 0.307. The van der Waals surface area contributed by atoms with Crippen LogP contribution in [0.4, 0.5) is 0 Å². The molecule has 0 saturated carbocycles. The first-order valence-corrected chi connectivity index (χ1v) is 8.16. The van der Waals surface area contributed by atoms with Crippen LogP contribution in [0.25, 0.3) is 11.0 Å². The van der Waals surface area contributed by atoms with E-state index < -0.39 is 0 Å². The Morgan fingerprint density at radius 1 is 1.42 bits per heavy atom. The fraction of sp³-hybridized carbons (Fsp3) is 0.533. The highest BCUT2D eigenvalue weighted by Gasteiger charge is 2.19. The number of nitrogens with zero attached hydrogens (tertiary/aromatic N) is 2. The van der Waals surface area contributed by atoms with Crippen molar-refractivity contribution in [2.45, 2.75) is 31.8 Å². The average molecular weight is 275 g/mol. The minimum Gasteiger partial charge on any atom is -0.330 e. The van der Waals surface area contributed by atoms with Gasteiger partial charge in [-0.1, -0.05) is 12.1 Å².